The molecule has 2 saturated heterocycles. The number of anilines is 1. The maximum Gasteiger partial charge on any atom is 0.315 e. The number of nitrogens with one attached hydrogen (secondary N) is 5. The molecule has 0 aromatic heterocycles. The standard InChI is InChI=1S/C42H56N6O12S2/c49-37(12-6-5-11-35-40-33(29-61-35)46-42(53)47-40)43-18-20-58-22-24-60-26-25-59-23-21-57-19-16-38(50)45-27-36(62(54,55)56)41(52)44-17-15-39(51)48-28-32-9-2-1-7-30(32)13-14-31-8-3-4-10-34(31)48/h1-4,7-10,33,35-36,40H,5-6,11-12,15-29H2,(H,43,49)(H,44,52)(H,45,50)(H2,46,47,53)(H,54,55,56)/t33-,35-,36?,40-/m0/s1. The largest absolute Gasteiger partial charge is 0.379 e. The first-order valence-electron chi connectivity index (χ1n) is 20.8. The quantitative estimate of drug-likeness (QED) is 0.0319. The fourth-order valence-corrected chi connectivity index (χ4v) is 9.12. The number of benzene rings is 2. The van der Waals surface area contributed by atoms with Crippen LogP contribution in [0.4, 0.5) is 10.5 Å². The lowest BCUT2D eigenvalue weighted by atomic mass is 10.0. The second-order valence-corrected chi connectivity index (χ2v) is 17.5. The lowest BCUT2D eigenvalue weighted by Gasteiger charge is -2.26. The van der Waals surface area contributed by atoms with Gasteiger partial charge in [0.15, 0.2) is 5.25 Å². The number of hydrogen-bond donors (Lipinski definition) is 6. The summed E-state index contributed by atoms with van der Waals surface area (Å²) in [6, 6.07) is 15.0. The second kappa shape index (κ2) is 25.4. The number of para-hydroxylation sites is 1. The molecule has 0 aliphatic carbocycles. The van der Waals surface area contributed by atoms with E-state index in [0.717, 1.165) is 36.1 Å². The molecule has 4 atom stereocenters. The summed E-state index contributed by atoms with van der Waals surface area (Å²) in [5.74, 6) is 5.18. The van der Waals surface area contributed by atoms with Crippen molar-refractivity contribution >= 4 is 57.2 Å². The number of carbonyl (C=O) groups is 5. The predicted molar refractivity (Wildman–Crippen MR) is 231 cm³/mol. The molecule has 0 saturated carbocycles. The molecule has 0 radical (unpaired) electrons. The number of fused-ring (bicyclic) bond motifs is 3. The molecule has 2 aromatic rings. The molecule has 3 aliphatic rings. The Hall–Kier alpha value is -4.75. The predicted octanol–water partition coefficient (Wildman–Crippen LogP) is 1.11. The van der Waals surface area contributed by atoms with E-state index in [9.17, 15) is 36.9 Å². The fraction of sp³-hybridized carbons (Fsp3) is 0.548. The van der Waals surface area contributed by atoms with Crippen LogP contribution in [-0.2, 0) is 54.8 Å². The van der Waals surface area contributed by atoms with E-state index in [0.29, 0.717) is 62.5 Å². The molecule has 3 aliphatic heterocycles. The van der Waals surface area contributed by atoms with E-state index in [-0.39, 0.29) is 75.7 Å². The second-order valence-electron chi connectivity index (χ2n) is 14.7. The van der Waals surface area contributed by atoms with Crippen LogP contribution in [0.1, 0.15) is 55.2 Å². The number of thioether (sulfide) groups is 1. The smallest absolute Gasteiger partial charge is 0.315 e. The summed E-state index contributed by atoms with van der Waals surface area (Å²) in [4.78, 5) is 63.7. The van der Waals surface area contributed by atoms with Gasteiger partial charge in [-0.15, -0.1) is 0 Å². The van der Waals surface area contributed by atoms with Gasteiger partial charge in [-0.2, -0.15) is 20.2 Å². The summed E-state index contributed by atoms with van der Waals surface area (Å²) in [6.07, 6.45) is 2.86. The van der Waals surface area contributed by atoms with E-state index in [4.69, 9.17) is 18.9 Å². The van der Waals surface area contributed by atoms with Gasteiger partial charge in [0.25, 0.3) is 10.1 Å². The molecule has 20 heteroatoms. The van der Waals surface area contributed by atoms with Gasteiger partial charge in [0.05, 0.1) is 77.2 Å². The molecule has 2 fully saturated rings. The Bertz CT molecular complexity index is 2010. The molecule has 5 rings (SSSR count). The van der Waals surface area contributed by atoms with Gasteiger partial charge in [0, 0.05) is 61.0 Å². The van der Waals surface area contributed by atoms with Crippen molar-refractivity contribution < 1.29 is 55.9 Å². The van der Waals surface area contributed by atoms with Gasteiger partial charge in [-0.05, 0) is 36.6 Å². The molecule has 6 N–H and O–H groups in total. The zero-order valence-electron chi connectivity index (χ0n) is 34.6. The molecule has 6 amide bonds. The molecule has 3 heterocycles. The maximum absolute atomic E-state index is 13.4. The summed E-state index contributed by atoms with van der Waals surface area (Å²) in [6.45, 7) is 1.96. The minimum absolute atomic E-state index is 0.00444. The van der Waals surface area contributed by atoms with Crippen LogP contribution in [-0.4, -0.2) is 143 Å². The Morgan fingerprint density at radius 3 is 2.16 bits per heavy atom. The van der Waals surface area contributed by atoms with Crippen LogP contribution in [0.25, 0.3) is 0 Å². The average molecular weight is 901 g/mol. The highest BCUT2D eigenvalue weighted by molar-refractivity contribution is 8.00. The number of rotatable bonds is 27. The molecule has 0 bridgehead atoms. The lowest BCUT2D eigenvalue weighted by molar-refractivity contribution is -0.123. The minimum atomic E-state index is -4.90. The van der Waals surface area contributed by atoms with Crippen molar-refractivity contribution in [1.82, 2.24) is 26.6 Å². The van der Waals surface area contributed by atoms with E-state index in [1.54, 1.807) is 17.0 Å². The first kappa shape index (κ1) is 48.3. The van der Waals surface area contributed by atoms with E-state index in [1.807, 2.05) is 48.2 Å². The molecule has 2 aromatic carbocycles. The van der Waals surface area contributed by atoms with Crippen molar-refractivity contribution in [3.8, 4) is 11.8 Å². The number of unbranched alkanes of at least 4 members (excludes halogenated alkanes) is 1. The highest BCUT2D eigenvalue weighted by Crippen LogP contribution is 2.33. The minimum Gasteiger partial charge on any atom is -0.379 e. The number of urea groups is 1. The van der Waals surface area contributed by atoms with E-state index in [2.05, 4.69) is 38.4 Å². The van der Waals surface area contributed by atoms with Crippen LogP contribution in [0.2, 0.25) is 0 Å². The van der Waals surface area contributed by atoms with Gasteiger partial charge in [-0.3, -0.25) is 23.7 Å². The number of carbonyl (C=O) groups excluding carboxylic acids is 5. The Kier molecular flexibility index (Phi) is 19.8. The molecular formula is C42H56N6O12S2. The molecule has 18 nitrogen and oxygen atoms in total. The Labute approximate surface area is 366 Å². The molecular weight excluding hydrogens is 845 g/mol. The number of nitrogens with zero attached hydrogens (tertiary/aromatic N) is 1. The molecule has 0 spiro atoms. The van der Waals surface area contributed by atoms with Gasteiger partial charge in [-0.25, -0.2) is 4.79 Å². The highest BCUT2D eigenvalue weighted by Gasteiger charge is 2.42. The van der Waals surface area contributed by atoms with Crippen molar-refractivity contribution in [1.29, 1.82) is 0 Å². The monoisotopic (exact) mass is 900 g/mol. The summed E-state index contributed by atoms with van der Waals surface area (Å²) in [5.41, 5.74) is 2.91. The Morgan fingerprint density at radius 1 is 0.774 bits per heavy atom. The fourth-order valence-electron chi connectivity index (χ4n) is 6.93. The summed E-state index contributed by atoms with van der Waals surface area (Å²) >= 11 is 1.87. The summed E-state index contributed by atoms with van der Waals surface area (Å²) in [7, 11) is -4.90. The zero-order valence-corrected chi connectivity index (χ0v) is 36.2. The highest BCUT2D eigenvalue weighted by atomic mass is 32.2. The third kappa shape index (κ3) is 15.9. The first-order valence-corrected chi connectivity index (χ1v) is 23.3. The van der Waals surface area contributed by atoms with Gasteiger partial charge in [-0.1, -0.05) is 48.6 Å². The SMILES string of the molecule is O=C(CCCC[C@@H]1SC[C@@H]2NC(=O)N[C@@H]21)NCCOCCOCCOCCOCCC(=O)NCC(C(=O)NCCC(=O)N1Cc2ccccc2C#Cc2ccccc21)S(=O)(=O)O. The topological polar surface area (TPSA) is 240 Å². The summed E-state index contributed by atoms with van der Waals surface area (Å²) < 4.78 is 55.6. The zero-order chi connectivity index (χ0) is 44.2. The Balaban J connectivity index is 0.832. The number of amides is 6. The van der Waals surface area contributed by atoms with Gasteiger partial charge < -0.3 is 50.4 Å². The normalized spacial score (nSPS) is 18.0. The van der Waals surface area contributed by atoms with Gasteiger partial charge >= 0.3 is 6.03 Å². The maximum atomic E-state index is 13.4. The van der Waals surface area contributed by atoms with Crippen LogP contribution in [0.5, 0.6) is 0 Å². The molecule has 1 unspecified atom stereocenters. The number of ether oxygens (including phenoxy) is 4. The molecule has 62 heavy (non-hydrogen) atoms. The third-order valence-corrected chi connectivity index (χ3v) is 12.8. The first-order chi connectivity index (χ1) is 30.0. The van der Waals surface area contributed by atoms with Gasteiger partial charge in [0.2, 0.25) is 23.6 Å². The molecule has 338 valence electrons. The van der Waals surface area contributed by atoms with Crippen molar-refractivity contribution in [2.75, 3.05) is 83.1 Å². The van der Waals surface area contributed by atoms with Gasteiger partial charge in [0.1, 0.15) is 0 Å². The van der Waals surface area contributed by atoms with Crippen LogP contribution >= 0.6 is 11.8 Å². The lowest BCUT2D eigenvalue weighted by Crippen LogP contribution is -2.47. The van der Waals surface area contributed by atoms with Crippen LogP contribution in [0, 0.1) is 11.8 Å². The Morgan fingerprint density at radius 2 is 1.42 bits per heavy atom. The van der Waals surface area contributed by atoms with Crippen molar-refractivity contribution in [2.24, 2.45) is 0 Å². The van der Waals surface area contributed by atoms with E-state index < -0.39 is 33.7 Å². The van der Waals surface area contributed by atoms with Crippen LogP contribution in [0.3, 0.4) is 0 Å². The van der Waals surface area contributed by atoms with Crippen molar-refractivity contribution in [3.05, 3.63) is 65.2 Å². The average Bonchev–Trinajstić information content (AvgIpc) is 3.80. The van der Waals surface area contributed by atoms with Crippen LogP contribution in [0.15, 0.2) is 48.5 Å². The number of hydrogen-bond acceptors (Lipinski definition) is 12. The van der Waals surface area contributed by atoms with Crippen molar-refractivity contribution in [2.45, 2.75) is 67.7 Å². The third-order valence-electron chi connectivity index (χ3n) is 10.2. The van der Waals surface area contributed by atoms with Crippen molar-refractivity contribution in [3.63, 3.8) is 0 Å². The van der Waals surface area contributed by atoms with E-state index in [1.165, 1.54) is 0 Å². The van der Waals surface area contributed by atoms with Crippen LogP contribution < -0.4 is 31.5 Å². The van der Waals surface area contributed by atoms with E-state index >= 15 is 0 Å². The summed E-state index contributed by atoms with van der Waals surface area (Å²) in [5, 5.41) is 11.9.